The van der Waals surface area contributed by atoms with Crippen molar-refractivity contribution in [3.63, 3.8) is 0 Å². The van der Waals surface area contributed by atoms with Gasteiger partial charge in [0.25, 0.3) is 5.91 Å². The zero-order valence-corrected chi connectivity index (χ0v) is 17.4. The smallest absolute Gasteiger partial charge is 0.269 e. The molecule has 0 bridgehead atoms. The van der Waals surface area contributed by atoms with Gasteiger partial charge in [-0.2, -0.15) is 4.98 Å². The Bertz CT molecular complexity index is 1090. The predicted octanol–water partition coefficient (Wildman–Crippen LogP) is 4.03. The number of hydrogen-bond acceptors (Lipinski definition) is 6. The molecule has 2 aliphatic heterocycles. The molecule has 1 saturated heterocycles. The molecule has 0 spiro atoms. The fourth-order valence-corrected chi connectivity index (χ4v) is 4.21. The normalized spacial score (nSPS) is 21.6. The summed E-state index contributed by atoms with van der Waals surface area (Å²) in [6, 6.07) is 19.6. The van der Waals surface area contributed by atoms with Crippen molar-refractivity contribution in [1.29, 1.82) is 0 Å². The van der Waals surface area contributed by atoms with Gasteiger partial charge in [0.15, 0.2) is 0 Å². The van der Waals surface area contributed by atoms with Crippen molar-refractivity contribution >= 4 is 11.6 Å². The number of carbonyl (C=O) groups is 1. The van der Waals surface area contributed by atoms with Crippen LogP contribution in [0.3, 0.4) is 0 Å². The highest BCUT2D eigenvalue weighted by Crippen LogP contribution is 2.33. The molecule has 2 aliphatic rings. The van der Waals surface area contributed by atoms with Crippen LogP contribution in [-0.4, -0.2) is 45.3 Å². The number of carbonyl (C=O) groups excluding carboxylic acids is 1. The largest absolute Gasteiger partial charge is 0.379 e. The van der Waals surface area contributed by atoms with Gasteiger partial charge in [-0.3, -0.25) is 4.79 Å². The number of amides is 1. The van der Waals surface area contributed by atoms with E-state index in [4.69, 9.17) is 9.36 Å². The lowest BCUT2D eigenvalue weighted by molar-refractivity contribution is -0.154. The van der Waals surface area contributed by atoms with E-state index in [9.17, 15) is 4.79 Å². The molecule has 1 aromatic heterocycles. The third-order valence-corrected chi connectivity index (χ3v) is 6.03. The molecule has 7 heteroatoms. The van der Waals surface area contributed by atoms with E-state index in [0.717, 1.165) is 29.7 Å². The third-order valence-electron chi connectivity index (χ3n) is 6.03. The molecule has 7 nitrogen and oxygen atoms in total. The zero-order valence-electron chi connectivity index (χ0n) is 17.4. The summed E-state index contributed by atoms with van der Waals surface area (Å²) in [6.07, 6.45) is 2.04. The van der Waals surface area contributed by atoms with Crippen LogP contribution in [0.2, 0.25) is 0 Å². The molecule has 0 saturated carbocycles. The van der Waals surface area contributed by atoms with Crippen LogP contribution in [0.15, 0.2) is 70.3 Å². The minimum absolute atomic E-state index is 0.0175. The summed E-state index contributed by atoms with van der Waals surface area (Å²) in [4.78, 5) is 25.3. The van der Waals surface area contributed by atoms with Crippen LogP contribution < -0.4 is 0 Å². The number of oxime groups is 1. The Labute approximate surface area is 180 Å². The van der Waals surface area contributed by atoms with Gasteiger partial charge in [0.2, 0.25) is 17.3 Å². The first-order valence-electron chi connectivity index (χ1n) is 10.6. The molecule has 31 heavy (non-hydrogen) atoms. The summed E-state index contributed by atoms with van der Waals surface area (Å²) in [5.41, 5.74) is 1.78. The molecule has 1 unspecified atom stereocenters. The second-order valence-electron chi connectivity index (χ2n) is 8.29. The van der Waals surface area contributed by atoms with Crippen LogP contribution in [0.25, 0.3) is 11.4 Å². The Hall–Kier alpha value is -3.48. The van der Waals surface area contributed by atoms with E-state index in [1.165, 1.54) is 0 Å². The van der Waals surface area contributed by atoms with Crippen LogP contribution in [0.4, 0.5) is 0 Å². The first-order valence-corrected chi connectivity index (χ1v) is 10.6. The highest BCUT2D eigenvalue weighted by atomic mass is 16.7. The summed E-state index contributed by atoms with van der Waals surface area (Å²) in [6.45, 7) is 3.09. The number of rotatable bonds is 4. The molecule has 0 N–H and O–H groups in total. The number of aromatic nitrogens is 2. The molecule has 158 valence electrons. The molecule has 3 aromatic rings. The summed E-state index contributed by atoms with van der Waals surface area (Å²) >= 11 is 0. The van der Waals surface area contributed by atoms with Crippen LogP contribution in [-0.2, 0) is 9.63 Å². The molecule has 1 amide bonds. The summed E-state index contributed by atoms with van der Waals surface area (Å²) < 4.78 is 5.53. The summed E-state index contributed by atoms with van der Waals surface area (Å²) in [7, 11) is 0. The maximum Gasteiger partial charge on any atom is 0.269 e. The summed E-state index contributed by atoms with van der Waals surface area (Å²) in [5, 5.41) is 8.33. The molecule has 0 aliphatic carbocycles. The van der Waals surface area contributed by atoms with E-state index in [2.05, 4.69) is 15.3 Å². The van der Waals surface area contributed by atoms with Crippen LogP contribution in [0, 0.1) is 0 Å². The van der Waals surface area contributed by atoms with E-state index < -0.39 is 5.60 Å². The number of benzene rings is 2. The van der Waals surface area contributed by atoms with Gasteiger partial charge in [-0.25, -0.2) is 0 Å². The standard InChI is InChI=1S/C24H24N4O3/c1-24(16-20(26-31-24)17-8-4-2-5-9-17)23(29)28-14-12-19(13-15-28)22-25-21(27-30-22)18-10-6-3-7-11-18/h2-11,19H,12-16H2,1H3. The van der Waals surface area contributed by atoms with Gasteiger partial charge in [0.05, 0.1) is 5.71 Å². The number of piperidine rings is 1. The quantitative estimate of drug-likeness (QED) is 0.642. The maximum atomic E-state index is 13.2. The average molecular weight is 416 g/mol. The predicted molar refractivity (Wildman–Crippen MR) is 115 cm³/mol. The fourth-order valence-electron chi connectivity index (χ4n) is 4.21. The highest BCUT2D eigenvalue weighted by Gasteiger charge is 2.45. The Morgan fingerprint density at radius 2 is 1.65 bits per heavy atom. The van der Waals surface area contributed by atoms with Gasteiger partial charge in [-0.05, 0) is 25.3 Å². The molecule has 1 atom stereocenters. The second-order valence-corrected chi connectivity index (χ2v) is 8.29. The van der Waals surface area contributed by atoms with Gasteiger partial charge in [-0.1, -0.05) is 71.0 Å². The lowest BCUT2D eigenvalue weighted by Crippen LogP contribution is -2.49. The third kappa shape index (κ3) is 3.83. The van der Waals surface area contributed by atoms with Crippen molar-refractivity contribution in [2.75, 3.05) is 13.1 Å². The van der Waals surface area contributed by atoms with E-state index in [0.29, 0.717) is 31.2 Å². The number of likely N-dealkylation sites (tertiary alicyclic amines) is 1. The van der Waals surface area contributed by atoms with Crippen molar-refractivity contribution in [3.05, 3.63) is 72.1 Å². The second kappa shape index (κ2) is 7.98. The molecule has 5 rings (SSSR count). The van der Waals surface area contributed by atoms with E-state index >= 15 is 0 Å². The van der Waals surface area contributed by atoms with Gasteiger partial charge in [-0.15, -0.1) is 0 Å². The molecule has 0 radical (unpaired) electrons. The topological polar surface area (TPSA) is 80.8 Å². The van der Waals surface area contributed by atoms with E-state index in [1.54, 1.807) is 0 Å². The molecular weight excluding hydrogens is 392 g/mol. The van der Waals surface area contributed by atoms with Crippen molar-refractivity contribution in [2.24, 2.45) is 5.16 Å². The van der Waals surface area contributed by atoms with Gasteiger partial charge in [0, 0.05) is 31.0 Å². The maximum absolute atomic E-state index is 13.2. The Balaban J connectivity index is 1.20. The van der Waals surface area contributed by atoms with Crippen LogP contribution >= 0.6 is 0 Å². The minimum atomic E-state index is -0.955. The molecule has 2 aromatic carbocycles. The molecular formula is C24H24N4O3. The number of nitrogens with zero attached hydrogens (tertiary/aromatic N) is 4. The summed E-state index contributed by atoms with van der Waals surface area (Å²) in [5.74, 6) is 1.38. The van der Waals surface area contributed by atoms with Crippen LogP contribution in [0.1, 0.15) is 43.6 Å². The Kier molecular flexibility index (Phi) is 5.02. The monoisotopic (exact) mass is 416 g/mol. The highest BCUT2D eigenvalue weighted by molar-refractivity contribution is 6.05. The first kappa shape index (κ1) is 19.5. The zero-order chi connectivity index (χ0) is 21.3. The van der Waals surface area contributed by atoms with E-state index in [-0.39, 0.29) is 11.8 Å². The SMILES string of the molecule is CC1(C(=O)N2CCC(c3nc(-c4ccccc4)no3)CC2)CC(c2ccccc2)=NO1. The van der Waals surface area contributed by atoms with Crippen molar-refractivity contribution < 1.29 is 14.2 Å². The molecule has 3 heterocycles. The van der Waals surface area contributed by atoms with Crippen LogP contribution in [0.5, 0.6) is 0 Å². The van der Waals surface area contributed by atoms with Crippen molar-refractivity contribution in [2.45, 2.75) is 37.7 Å². The lowest BCUT2D eigenvalue weighted by Gasteiger charge is -2.34. The lowest BCUT2D eigenvalue weighted by atomic mass is 9.91. The first-order chi connectivity index (χ1) is 15.1. The average Bonchev–Trinajstić information content (AvgIpc) is 3.48. The number of hydrogen-bond donors (Lipinski definition) is 0. The Morgan fingerprint density at radius 1 is 1.00 bits per heavy atom. The van der Waals surface area contributed by atoms with Gasteiger partial charge < -0.3 is 14.3 Å². The minimum Gasteiger partial charge on any atom is -0.379 e. The van der Waals surface area contributed by atoms with Gasteiger partial charge in [0.1, 0.15) is 0 Å². The van der Waals surface area contributed by atoms with E-state index in [1.807, 2.05) is 72.5 Å². The Morgan fingerprint density at radius 3 is 2.32 bits per heavy atom. The van der Waals surface area contributed by atoms with Crippen molar-refractivity contribution in [3.8, 4) is 11.4 Å². The fraction of sp³-hybridized carbons (Fsp3) is 0.333. The van der Waals surface area contributed by atoms with Crippen molar-refractivity contribution in [1.82, 2.24) is 15.0 Å². The molecule has 1 fully saturated rings. The van der Waals surface area contributed by atoms with Gasteiger partial charge >= 0.3 is 0 Å².